The summed E-state index contributed by atoms with van der Waals surface area (Å²) in [6.45, 7) is 0.458. The maximum Gasteiger partial charge on any atom is 0.350 e. The molecule has 1 aliphatic heterocycles. The van der Waals surface area contributed by atoms with E-state index < -0.39 is 28.3 Å². The van der Waals surface area contributed by atoms with Gasteiger partial charge in [0.05, 0.1) is 0 Å². The molecule has 0 radical (unpaired) electrons. The van der Waals surface area contributed by atoms with Crippen LogP contribution in [0.5, 0.6) is 0 Å². The van der Waals surface area contributed by atoms with Crippen molar-refractivity contribution in [1.82, 2.24) is 0 Å². The molecule has 1 rings (SSSR count). The molecule has 1 heterocycles. The normalized spacial score (nSPS) is 15.0. The van der Waals surface area contributed by atoms with Crippen LogP contribution in [0.4, 0.5) is 17.1 Å². The van der Waals surface area contributed by atoms with E-state index in [9.17, 15) is 17.1 Å². The Morgan fingerprint density at radius 3 is 1.79 bits per heavy atom. The van der Waals surface area contributed by atoms with E-state index >= 15 is 0 Å². The molecule has 0 aromatic heterocycles. The summed E-state index contributed by atoms with van der Waals surface area (Å²) in [5.74, 6) is -0.620. The van der Waals surface area contributed by atoms with Gasteiger partial charge in [-0.2, -0.15) is 17.2 Å². The van der Waals surface area contributed by atoms with Crippen LogP contribution in [0.15, 0.2) is 12.0 Å². The van der Waals surface area contributed by atoms with Crippen molar-refractivity contribution in [3.05, 3.63) is 12.0 Å². The van der Waals surface area contributed by atoms with Gasteiger partial charge in [-0.15, -0.1) is 3.89 Å². The van der Waals surface area contributed by atoms with Crippen LogP contribution in [-0.4, -0.2) is 27.6 Å². The third-order valence-electron chi connectivity index (χ3n) is 0.834. The Kier molecular flexibility index (Phi) is 5.28. The minimum Gasteiger partial charge on any atom is -0.458 e. The second-order valence-electron chi connectivity index (χ2n) is 1.89. The zero-order valence-electron chi connectivity index (χ0n) is 6.67. The van der Waals surface area contributed by atoms with Crippen molar-refractivity contribution in [2.24, 2.45) is 0 Å². The van der Waals surface area contributed by atoms with Gasteiger partial charge in [-0.25, -0.2) is 4.39 Å². The fourth-order valence-corrected chi connectivity index (χ4v) is 0.420. The van der Waals surface area contributed by atoms with Crippen molar-refractivity contribution in [3.8, 4) is 0 Å². The quantitative estimate of drug-likeness (QED) is 0.510. The summed E-state index contributed by atoms with van der Waals surface area (Å²) in [5, 5.41) is 0. The van der Waals surface area contributed by atoms with Crippen molar-refractivity contribution in [2.75, 3.05) is 19.2 Å². The first-order valence-corrected chi connectivity index (χ1v) is 4.71. The van der Waals surface area contributed by atoms with Crippen LogP contribution >= 0.6 is 0 Å². The number of halogens is 4. The minimum atomic E-state index is -4.83. The smallest absolute Gasteiger partial charge is 0.350 e. The van der Waals surface area contributed by atoms with Crippen LogP contribution < -0.4 is 0 Å². The number of hydrogen-bond acceptors (Lipinski definition) is 4. The van der Waals surface area contributed by atoms with Crippen LogP contribution in [0, 0.1) is 0 Å². The summed E-state index contributed by atoms with van der Waals surface area (Å²) < 4.78 is 70.6. The summed E-state index contributed by atoms with van der Waals surface area (Å²) in [6.07, 6.45) is -1.89. The lowest BCUT2D eigenvalue weighted by Gasteiger charge is -1.90. The zero-order valence-corrected chi connectivity index (χ0v) is 7.49. The lowest BCUT2D eigenvalue weighted by atomic mass is 10.8. The van der Waals surface area contributed by atoms with Gasteiger partial charge in [-0.1, -0.05) is 0 Å². The highest BCUT2D eigenvalue weighted by atomic mass is 32.3. The van der Waals surface area contributed by atoms with Gasteiger partial charge in [-0.05, 0) is 0 Å². The lowest BCUT2D eigenvalue weighted by molar-refractivity contribution is 0.140. The van der Waals surface area contributed by atoms with Crippen molar-refractivity contribution >= 4 is 10.2 Å². The molecule has 0 bridgehead atoms. The monoisotopic (exact) mass is 238 g/mol. The molecule has 1 aliphatic rings. The molecule has 0 aromatic carbocycles. The highest BCUT2D eigenvalue weighted by molar-refractivity contribution is 7.86. The molecule has 0 saturated carbocycles. The van der Waals surface area contributed by atoms with E-state index in [1.165, 1.54) is 0 Å². The Bertz CT molecular complexity index is 287. The van der Waals surface area contributed by atoms with Crippen LogP contribution in [0.1, 0.15) is 0 Å². The zero-order chi connectivity index (χ0) is 11.2. The molecule has 14 heavy (non-hydrogen) atoms. The first kappa shape index (κ1) is 13.0. The molecular formula is C5H6F4O4S. The number of alkyl halides is 1. The molecule has 0 N–H and O–H groups in total. The maximum atomic E-state index is 11.4. The highest BCUT2D eigenvalue weighted by Gasteiger charge is 2.14. The largest absolute Gasteiger partial charge is 0.458 e. The average Bonchev–Trinajstić information content (AvgIpc) is 2.56. The van der Waals surface area contributed by atoms with Crippen LogP contribution in [0.2, 0.25) is 0 Å². The number of ether oxygens (including phenoxy) is 2. The molecule has 1 saturated heterocycles. The topological polar surface area (TPSA) is 52.6 Å². The van der Waals surface area contributed by atoms with Crippen LogP contribution in [-0.2, 0) is 19.7 Å². The molecule has 0 spiro atoms. The van der Waals surface area contributed by atoms with Gasteiger partial charge in [0, 0.05) is 0 Å². The number of rotatable bonds is 1. The van der Waals surface area contributed by atoms with Gasteiger partial charge in [-0.3, -0.25) is 0 Å². The molecule has 0 atom stereocenters. The van der Waals surface area contributed by atoms with Gasteiger partial charge >= 0.3 is 22.2 Å². The van der Waals surface area contributed by atoms with E-state index in [4.69, 9.17) is 8.42 Å². The summed E-state index contributed by atoms with van der Waals surface area (Å²) in [4.78, 5) is 0. The predicted molar refractivity (Wildman–Crippen MR) is 37.1 cm³/mol. The first-order valence-electron chi connectivity index (χ1n) is 3.16. The summed E-state index contributed by atoms with van der Waals surface area (Å²) in [5.41, 5.74) is 0. The Hall–Kier alpha value is -0.990. The minimum absolute atomic E-state index is 0.229. The lowest BCUT2D eigenvalue weighted by Crippen LogP contribution is -1.88. The Labute approximate surface area is 77.3 Å². The van der Waals surface area contributed by atoms with E-state index in [1.54, 1.807) is 0 Å². The average molecular weight is 238 g/mol. The van der Waals surface area contributed by atoms with Gasteiger partial charge in [0.25, 0.3) is 0 Å². The van der Waals surface area contributed by atoms with E-state index in [-0.39, 0.29) is 13.2 Å². The van der Waals surface area contributed by atoms with Crippen molar-refractivity contribution in [2.45, 2.75) is 0 Å². The van der Waals surface area contributed by atoms with E-state index in [0.717, 1.165) is 0 Å². The molecule has 0 aliphatic carbocycles. The summed E-state index contributed by atoms with van der Waals surface area (Å²) in [6, 6.07) is -1.92. The molecular weight excluding hydrogens is 232 g/mol. The molecule has 0 unspecified atom stereocenters. The van der Waals surface area contributed by atoms with Crippen LogP contribution in [0.3, 0.4) is 0 Å². The Morgan fingerprint density at radius 2 is 1.64 bits per heavy atom. The summed E-state index contributed by atoms with van der Waals surface area (Å²) >= 11 is 0. The second kappa shape index (κ2) is 5.68. The Balaban J connectivity index is 0.000000255. The van der Waals surface area contributed by atoms with Crippen molar-refractivity contribution in [3.63, 3.8) is 0 Å². The molecule has 0 amide bonds. The van der Waals surface area contributed by atoms with Gasteiger partial charge in [0.2, 0.25) is 6.01 Å². The summed E-state index contributed by atoms with van der Waals surface area (Å²) in [7, 11) is -4.83. The molecule has 9 heteroatoms. The second-order valence-corrected chi connectivity index (χ2v) is 3.19. The van der Waals surface area contributed by atoms with Gasteiger partial charge in [0.1, 0.15) is 13.2 Å². The van der Waals surface area contributed by atoms with Crippen LogP contribution in [0.25, 0.3) is 0 Å². The fraction of sp³-hybridized carbons (Fsp3) is 0.600. The highest BCUT2D eigenvalue weighted by Crippen LogP contribution is 2.14. The van der Waals surface area contributed by atoms with Crippen molar-refractivity contribution < 1.29 is 34.9 Å². The SMILES string of the molecule is FC(F)=C1OCCO1.O=S(=O)(F)CF. The van der Waals surface area contributed by atoms with Gasteiger partial charge in [0.15, 0.2) is 0 Å². The molecule has 1 fully saturated rings. The third-order valence-corrected chi connectivity index (χ3v) is 1.09. The first-order chi connectivity index (χ1) is 6.37. The fourth-order valence-electron chi connectivity index (χ4n) is 0.420. The maximum absolute atomic E-state index is 11.4. The Morgan fingerprint density at radius 1 is 1.29 bits per heavy atom. The number of hydrogen-bond donors (Lipinski definition) is 0. The molecule has 0 aromatic rings. The predicted octanol–water partition coefficient (Wildman–Crippen LogP) is 1.31. The van der Waals surface area contributed by atoms with E-state index in [1.807, 2.05) is 0 Å². The van der Waals surface area contributed by atoms with E-state index in [2.05, 4.69) is 9.47 Å². The standard InChI is InChI=1S/C4H4F2O2.CH2F2O2S/c5-3(6)4-7-1-2-8-4;2-1-6(3,4)5/h1-2H2;1H2. The molecule has 84 valence electrons. The molecule has 4 nitrogen and oxygen atoms in total. The van der Waals surface area contributed by atoms with E-state index in [0.29, 0.717) is 0 Å². The third kappa shape index (κ3) is 6.52. The van der Waals surface area contributed by atoms with Gasteiger partial charge < -0.3 is 9.47 Å². The van der Waals surface area contributed by atoms with Crippen molar-refractivity contribution in [1.29, 1.82) is 0 Å².